The Morgan fingerprint density at radius 1 is 1.23 bits per heavy atom. The van der Waals surface area contributed by atoms with Crippen LogP contribution in [0, 0.1) is 5.82 Å². The van der Waals surface area contributed by atoms with Crippen LogP contribution >= 0.6 is 0 Å². The molecule has 0 fully saturated rings. The fourth-order valence-electron chi connectivity index (χ4n) is 1.98. The van der Waals surface area contributed by atoms with Gasteiger partial charge < -0.3 is 15.1 Å². The minimum atomic E-state index is -0.205. The van der Waals surface area contributed by atoms with Crippen LogP contribution in [-0.4, -0.2) is 55.5 Å². The Hall–Kier alpha value is -1.62. The van der Waals surface area contributed by atoms with E-state index < -0.39 is 0 Å². The van der Waals surface area contributed by atoms with Crippen LogP contribution in [0.3, 0.4) is 0 Å². The number of rotatable bonds is 7. The summed E-state index contributed by atoms with van der Waals surface area (Å²) in [4.78, 5) is 9.00. The molecule has 4 nitrogen and oxygen atoms in total. The number of nitrogens with one attached hydrogen (secondary N) is 1. The average molecular weight is 308 g/mol. The van der Waals surface area contributed by atoms with Crippen molar-refractivity contribution in [1.82, 2.24) is 15.1 Å². The Bertz CT molecular complexity index is 456. The molecule has 0 aliphatic rings. The SMILES string of the molecule is CCNC(=NCCN(C)C(C)C)N(C)Cc1ccc(F)cc1. The molecule has 22 heavy (non-hydrogen) atoms. The van der Waals surface area contributed by atoms with E-state index in [9.17, 15) is 4.39 Å². The lowest BCUT2D eigenvalue weighted by atomic mass is 10.2. The van der Waals surface area contributed by atoms with Gasteiger partial charge in [-0.2, -0.15) is 0 Å². The molecule has 0 radical (unpaired) electrons. The molecule has 1 aromatic rings. The Kier molecular flexibility index (Phi) is 7.88. The first-order valence-electron chi connectivity index (χ1n) is 7.88. The van der Waals surface area contributed by atoms with Crippen LogP contribution in [0.15, 0.2) is 29.3 Å². The van der Waals surface area contributed by atoms with Gasteiger partial charge in [0.05, 0.1) is 6.54 Å². The maximum absolute atomic E-state index is 13.0. The Morgan fingerprint density at radius 2 is 1.86 bits per heavy atom. The molecule has 0 aliphatic heterocycles. The number of hydrogen-bond acceptors (Lipinski definition) is 2. The average Bonchev–Trinajstić information content (AvgIpc) is 2.48. The summed E-state index contributed by atoms with van der Waals surface area (Å²) in [6.07, 6.45) is 0. The van der Waals surface area contributed by atoms with E-state index in [0.717, 1.165) is 31.2 Å². The van der Waals surface area contributed by atoms with Crippen LogP contribution < -0.4 is 5.32 Å². The summed E-state index contributed by atoms with van der Waals surface area (Å²) >= 11 is 0. The zero-order valence-corrected chi connectivity index (χ0v) is 14.4. The molecular weight excluding hydrogens is 279 g/mol. The number of aliphatic imine (C=N–C) groups is 1. The predicted octanol–water partition coefficient (Wildman–Crippen LogP) is 2.56. The van der Waals surface area contributed by atoms with E-state index in [1.165, 1.54) is 12.1 Å². The fraction of sp³-hybridized carbons (Fsp3) is 0.588. The lowest BCUT2D eigenvalue weighted by Gasteiger charge is -2.23. The van der Waals surface area contributed by atoms with Crippen LogP contribution in [0.4, 0.5) is 4.39 Å². The number of hydrogen-bond donors (Lipinski definition) is 1. The molecule has 0 saturated heterocycles. The number of likely N-dealkylation sites (N-methyl/N-ethyl adjacent to an activating group) is 1. The van der Waals surface area contributed by atoms with Gasteiger partial charge in [-0.05, 0) is 45.5 Å². The molecule has 0 aromatic heterocycles. The smallest absolute Gasteiger partial charge is 0.194 e. The van der Waals surface area contributed by atoms with Crippen molar-refractivity contribution in [1.29, 1.82) is 0 Å². The van der Waals surface area contributed by atoms with Gasteiger partial charge >= 0.3 is 0 Å². The minimum absolute atomic E-state index is 0.205. The topological polar surface area (TPSA) is 30.9 Å². The number of benzene rings is 1. The summed E-state index contributed by atoms with van der Waals surface area (Å²) < 4.78 is 13.0. The first-order valence-corrected chi connectivity index (χ1v) is 7.88. The highest BCUT2D eigenvalue weighted by molar-refractivity contribution is 5.79. The van der Waals surface area contributed by atoms with Gasteiger partial charge in [0.25, 0.3) is 0 Å². The molecule has 5 heteroatoms. The van der Waals surface area contributed by atoms with Gasteiger partial charge in [-0.1, -0.05) is 12.1 Å². The van der Waals surface area contributed by atoms with Crippen LogP contribution in [0.2, 0.25) is 0 Å². The van der Waals surface area contributed by atoms with Gasteiger partial charge in [0.1, 0.15) is 5.82 Å². The number of halogens is 1. The van der Waals surface area contributed by atoms with Crippen molar-refractivity contribution < 1.29 is 4.39 Å². The summed E-state index contributed by atoms with van der Waals surface area (Å²) in [5.74, 6) is 0.674. The fourth-order valence-corrected chi connectivity index (χ4v) is 1.98. The van der Waals surface area contributed by atoms with E-state index in [0.29, 0.717) is 12.6 Å². The monoisotopic (exact) mass is 308 g/mol. The van der Waals surface area contributed by atoms with Gasteiger partial charge in [0, 0.05) is 32.7 Å². The highest BCUT2D eigenvalue weighted by Crippen LogP contribution is 2.05. The molecule has 0 bridgehead atoms. The normalized spacial score (nSPS) is 12.1. The molecule has 0 saturated carbocycles. The lowest BCUT2D eigenvalue weighted by molar-refractivity contribution is 0.281. The molecular formula is C17H29FN4. The zero-order valence-electron chi connectivity index (χ0n) is 14.4. The minimum Gasteiger partial charge on any atom is -0.357 e. The van der Waals surface area contributed by atoms with Crippen molar-refractivity contribution in [2.75, 3.05) is 33.7 Å². The Balaban J connectivity index is 2.62. The second-order valence-electron chi connectivity index (χ2n) is 5.79. The molecule has 1 rings (SSSR count). The molecule has 0 spiro atoms. The van der Waals surface area contributed by atoms with Gasteiger partial charge in [-0.3, -0.25) is 4.99 Å². The molecule has 124 valence electrons. The maximum Gasteiger partial charge on any atom is 0.194 e. The number of nitrogens with zero attached hydrogens (tertiary/aromatic N) is 3. The first-order chi connectivity index (χ1) is 10.4. The summed E-state index contributed by atoms with van der Waals surface area (Å²) in [6.45, 7) is 9.62. The van der Waals surface area contributed by atoms with Gasteiger partial charge in [0.2, 0.25) is 0 Å². The molecule has 0 amide bonds. The van der Waals surface area contributed by atoms with Crippen molar-refractivity contribution in [2.24, 2.45) is 4.99 Å². The molecule has 0 atom stereocenters. The molecule has 0 heterocycles. The summed E-state index contributed by atoms with van der Waals surface area (Å²) in [7, 11) is 4.10. The summed E-state index contributed by atoms with van der Waals surface area (Å²) in [5, 5.41) is 3.30. The highest BCUT2D eigenvalue weighted by atomic mass is 19.1. The van der Waals surface area contributed by atoms with E-state index in [2.05, 4.69) is 47.9 Å². The van der Waals surface area contributed by atoms with E-state index in [-0.39, 0.29) is 5.82 Å². The van der Waals surface area contributed by atoms with E-state index in [1.54, 1.807) is 0 Å². The van der Waals surface area contributed by atoms with Crippen LogP contribution in [0.5, 0.6) is 0 Å². The van der Waals surface area contributed by atoms with E-state index in [1.807, 2.05) is 19.2 Å². The third kappa shape index (κ3) is 6.43. The molecule has 1 N–H and O–H groups in total. The predicted molar refractivity (Wildman–Crippen MR) is 91.6 cm³/mol. The zero-order chi connectivity index (χ0) is 16.5. The van der Waals surface area contributed by atoms with Crippen molar-refractivity contribution in [3.8, 4) is 0 Å². The number of guanidine groups is 1. The second-order valence-corrected chi connectivity index (χ2v) is 5.79. The summed E-state index contributed by atoms with van der Waals surface area (Å²) in [5.41, 5.74) is 1.06. The van der Waals surface area contributed by atoms with E-state index in [4.69, 9.17) is 0 Å². The van der Waals surface area contributed by atoms with Gasteiger partial charge in [-0.15, -0.1) is 0 Å². The Morgan fingerprint density at radius 3 is 2.41 bits per heavy atom. The van der Waals surface area contributed by atoms with Crippen LogP contribution in [-0.2, 0) is 6.54 Å². The maximum atomic E-state index is 13.0. The van der Waals surface area contributed by atoms with Crippen molar-refractivity contribution in [3.05, 3.63) is 35.6 Å². The Labute approximate surface area is 134 Å². The molecule has 0 aliphatic carbocycles. The van der Waals surface area contributed by atoms with Crippen LogP contribution in [0.1, 0.15) is 26.3 Å². The van der Waals surface area contributed by atoms with Crippen molar-refractivity contribution >= 4 is 5.96 Å². The van der Waals surface area contributed by atoms with Crippen molar-refractivity contribution in [3.63, 3.8) is 0 Å². The third-order valence-electron chi connectivity index (χ3n) is 3.63. The van der Waals surface area contributed by atoms with Gasteiger partial charge in [0.15, 0.2) is 5.96 Å². The first kappa shape index (κ1) is 18.4. The molecule has 1 aromatic carbocycles. The molecule has 0 unspecified atom stereocenters. The summed E-state index contributed by atoms with van der Waals surface area (Å²) in [6, 6.07) is 7.12. The van der Waals surface area contributed by atoms with Crippen molar-refractivity contribution in [2.45, 2.75) is 33.4 Å². The standard InChI is InChI=1S/C17H29FN4/c1-6-19-17(20-11-12-21(4)14(2)3)22(5)13-15-7-9-16(18)10-8-15/h7-10,14H,6,11-13H2,1-5H3,(H,19,20). The largest absolute Gasteiger partial charge is 0.357 e. The highest BCUT2D eigenvalue weighted by Gasteiger charge is 2.07. The van der Waals surface area contributed by atoms with Gasteiger partial charge in [-0.25, -0.2) is 4.39 Å². The van der Waals surface area contributed by atoms with Crippen LogP contribution in [0.25, 0.3) is 0 Å². The lowest BCUT2D eigenvalue weighted by Crippen LogP contribution is -2.39. The third-order valence-corrected chi connectivity index (χ3v) is 3.63. The quantitative estimate of drug-likeness (QED) is 0.620. The van der Waals surface area contributed by atoms with E-state index >= 15 is 0 Å². The second kappa shape index (κ2) is 9.41.